The number of nitro groups is 1. The van der Waals surface area contributed by atoms with Crippen molar-refractivity contribution in [1.29, 1.82) is 0 Å². The van der Waals surface area contributed by atoms with Crippen LogP contribution in [-0.4, -0.2) is 25.2 Å². The second-order valence-corrected chi connectivity index (χ2v) is 4.62. The van der Waals surface area contributed by atoms with Gasteiger partial charge in [0.05, 0.1) is 23.8 Å². The molecule has 0 fully saturated rings. The van der Waals surface area contributed by atoms with Gasteiger partial charge >= 0.3 is 6.09 Å². The molecule has 0 spiro atoms. The lowest BCUT2D eigenvalue weighted by Crippen LogP contribution is -2.25. The van der Waals surface area contributed by atoms with Gasteiger partial charge in [0.2, 0.25) is 0 Å². The Kier molecular flexibility index (Phi) is 4.75. The summed E-state index contributed by atoms with van der Waals surface area (Å²) in [5.41, 5.74) is 0.971. The molecule has 1 amide bonds. The molecule has 0 heterocycles. The Morgan fingerprint density at radius 2 is 1.91 bits per heavy atom. The second kappa shape index (κ2) is 6.73. The quantitative estimate of drug-likeness (QED) is 0.686. The van der Waals surface area contributed by atoms with Gasteiger partial charge in [-0.2, -0.15) is 0 Å². The summed E-state index contributed by atoms with van der Waals surface area (Å²) in [6.45, 7) is 0. The largest absolute Gasteiger partial charge is 0.452 e. The smallest absolute Gasteiger partial charge is 0.413 e. The highest BCUT2D eigenvalue weighted by Crippen LogP contribution is 2.25. The third-order valence-electron chi connectivity index (χ3n) is 3.15. The highest BCUT2D eigenvalue weighted by Gasteiger charge is 2.12. The molecule has 0 saturated carbocycles. The van der Waals surface area contributed by atoms with Gasteiger partial charge in [-0.05, 0) is 30.3 Å². The number of carbonyl (C=O) groups is 1. The van der Waals surface area contributed by atoms with E-state index in [-0.39, 0.29) is 11.4 Å². The van der Waals surface area contributed by atoms with Crippen molar-refractivity contribution in [2.24, 2.45) is 0 Å². The molecule has 0 aliphatic heterocycles. The molecular weight excluding hydrogens is 305 g/mol. The lowest BCUT2D eigenvalue weighted by atomic mass is 10.2. The first-order valence-electron chi connectivity index (χ1n) is 6.55. The van der Waals surface area contributed by atoms with Crippen molar-refractivity contribution in [2.45, 2.75) is 0 Å². The van der Waals surface area contributed by atoms with Gasteiger partial charge in [-0.15, -0.1) is 0 Å². The van der Waals surface area contributed by atoms with Crippen molar-refractivity contribution in [1.82, 2.24) is 0 Å². The number of halogens is 1. The Hall–Kier alpha value is -3.16. The summed E-state index contributed by atoms with van der Waals surface area (Å²) in [4.78, 5) is 22.6. The number of nitrogens with one attached hydrogen (secondary N) is 1. The van der Waals surface area contributed by atoms with E-state index in [9.17, 15) is 19.3 Å². The minimum Gasteiger partial charge on any atom is -0.452 e. The molecule has 1 N–H and O–H groups in total. The first-order chi connectivity index (χ1) is 10.9. The number of non-ortho nitro benzene ring substituents is 1. The first-order valence-corrected chi connectivity index (χ1v) is 6.55. The number of carbonyl (C=O) groups excluding carboxylic acids is 1. The number of anilines is 3. The fourth-order valence-corrected chi connectivity index (χ4v) is 1.89. The number of hydrogen-bond acceptors (Lipinski definition) is 5. The summed E-state index contributed by atoms with van der Waals surface area (Å²) in [5.74, 6) is -0.727. The molecule has 0 atom stereocenters. The van der Waals surface area contributed by atoms with E-state index >= 15 is 0 Å². The Labute approximate surface area is 131 Å². The van der Waals surface area contributed by atoms with Gasteiger partial charge in [0.1, 0.15) is 0 Å². The Balaban J connectivity index is 2.15. The van der Waals surface area contributed by atoms with Crippen LogP contribution in [0.25, 0.3) is 0 Å². The zero-order valence-electron chi connectivity index (χ0n) is 12.4. The van der Waals surface area contributed by atoms with Crippen molar-refractivity contribution in [3.8, 4) is 0 Å². The minimum absolute atomic E-state index is 0.115. The Bertz CT molecular complexity index is 734. The number of ether oxygens (including phenoxy) is 1. The van der Waals surface area contributed by atoms with E-state index in [1.54, 1.807) is 31.3 Å². The molecule has 8 heteroatoms. The lowest BCUT2D eigenvalue weighted by Gasteiger charge is -2.16. The summed E-state index contributed by atoms with van der Waals surface area (Å²) in [6, 6.07) is 9.96. The summed E-state index contributed by atoms with van der Waals surface area (Å²) in [6.07, 6.45) is -0.507. The van der Waals surface area contributed by atoms with Crippen LogP contribution >= 0.6 is 0 Å². The SMILES string of the molecule is COC(=O)N(C)c1ccc(Nc2ccc([N+](=O)[O-])cc2F)cc1. The maximum absolute atomic E-state index is 13.8. The van der Waals surface area contributed by atoms with Gasteiger partial charge in [-0.25, -0.2) is 9.18 Å². The highest BCUT2D eigenvalue weighted by atomic mass is 19.1. The van der Waals surface area contributed by atoms with Crippen LogP contribution in [0.1, 0.15) is 0 Å². The van der Waals surface area contributed by atoms with E-state index < -0.39 is 16.8 Å². The average molecular weight is 319 g/mol. The van der Waals surface area contributed by atoms with Crippen molar-refractivity contribution < 1.29 is 18.8 Å². The minimum atomic E-state index is -0.727. The third kappa shape index (κ3) is 3.73. The van der Waals surface area contributed by atoms with Gasteiger partial charge < -0.3 is 10.1 Å². The molecule has 0 bridgehead atoms. The molecular formula is C15H14FN3O4. The monoisotopic (exact) mass is 319 g/mol. The van der Waals surface area contributed by atoms with E-state index in [0.29, 0.717) is 11.4 Å². The van der Waals surface area contributed by atoms with Gasteiger partial charge in [0.15, 0.2) is 5.82 Å². The predicted octanol–water partition coefficient (Wildman–Crippen LogP) is 3.68. The summed E-state index contributed by atoms with van der Waals surface area (Å²) in [5, 5.41) is 13.4. The molecule has 2 aromatic rings. The van der Waals surface area contributed by atoms with Crippen molar-refractivity contribution >= 4 is 28.8 Å². The molecule has 0 unspecified atom stereocenters. The number of methoxy groups -OCH3 is 1. The second-order valence-electron chi connectivity index (χ2n) is 4.62. The normalized spacial score (nSPS) is 10.0. The van der Waals surface area contributed by atoms with E-state index in [1.807, 2.05) is 0 Å². The molecule has 0 saturated heterocycles. The molecule has 0 aliphatic carbocycles. The number of amides is 1. The summed E-state index contributed by atoms with van der Waals surface area (Å²) in [7, 11) is 2.84. The molecule has 120 valence electrons. The van der Waals surface area contributed by atoms with E-state index in [4.69, 9.17) is 0 Å². The topological polar surface area (TPSA) is 84.7 Å². The van der Waals surface area contributed by atoms with Crippen LogP contribution in [0.5, 0.6) is 0 Å². The van der Waals surface area contributed by atoms with Gasteiger partial charge in [0.25, 0.3) is 5.69 Å². The molecule has 2 rings (SSSR count). The van der Waals surface area contributed by atoms with Crippen LogP contribution in [0.3, 0.4) is 0 Å². The first kappa shape index (κ1) is 16.2. The average Bonchev–Trinajstić information content (AvgIpc) is 2.55. The van der Waals surface area contributed by atoms with Crippen molar-refractivity contribution in [3.63, 3.8) is 0 Å². The summed E-state index contributed by atoms with van der Waals surface area (Å²) >= 11 is 0. The van der Waals surface area contributed by atoms with Gasteiger partial charge in [-0.1, -0.05) is 0 Å². The molecule has 2 aromatic carbocycles. The summed E-state index contributed by atoms with van der Waals surface area (Å²) < 4.78 is 18.4. The maximum atomic E-state index is 13.8. The number of hydrogen-bond donors (Lipinski definition) is 1. The molecule has 0 aliphatic rings. The van der Waals surface area contributed by atoms with Crippen LogP contribution in [0.4, 0.5) is 31.9 Å². The zero-order valence-corrected chi connectivity index (χ0v) is 12.4. The van der Waals surface area contributed by atoms with Crippen molar-refractivity contribution in [2.75, 3.05) is 24.4 Å². The number of nitrogens with zero attached hydrogens (tertiary/aromatic N) is 2. The fourth-order valence-electron chi connectivity index (χ4n) is 1.89. The highest BCUT2D eigenvalue weighted by molar-refractivity contribution is 5.87. The predicted molar refractivity (Wildman–Crippen MR) is 83.6 cm³/mol. The fraction of sp³-hybridized carbons (Fsp3) is 0.133. The molecule has 23 heavy (non-hydrogen) atoms. The van der Waals surface area contributed by atoms with Crippen LogP contribution in [-0.2, 0) is 4.74 Å². The van der Waals surface area contributed by atoms with Crippen LogP contribution in [0, 0.1) is 15.9 Å². The van der Waals surface area contributed by atoms with E-state index in [2.05, 4.69) is 10.1 Å². The van der Waals surface area contributed by atoms with Crippen molar-refractivity contribution in [3.05, 3.63) is 58.4 Å². The Morgan fingerprint density at radius 3 is 2.43 bits per heavy atom. The zero-order chi connectivity index (χ0) is 17.0. The van der Waals surface area contributed by atoms with Crippen LogP contribution < -0.4 is 10.2 Å². The standard InChI is InChI=1S/C15H14FN3O4/c1-18(15(20)23-2)11-5-3-10(4-6-11)17-14-8-7-12(19(21)22)9-13(14)16/h3-9,17H,1-2H3. The number of rotatable bonds is 4. The van der Waals surface area contributed by atoms with Crippen LogP contribution in [0.15, 0.2) is 42.5 Å². The number of nitro benzene ring substituents is 1. The lowest BCUT2D eigenvalue weighted by molar-refractivity contribution is -0.385. The van der Waals surface area contributed by atoms with Crippen LogP contribution in [0.2, 0.25) is 0 Å². The third-order valence-corrected chi connectivity index (χ3v) is 3.15. The number of benzene rings is 2. The maximum Gasteiger partial charge on any atom is 0.413 e. The van der Waals surface area contributed by atoms with E-state index in [1.165, 1.54) is 24.1 Å². The molecule has 7 nitrogen and oxygen atoms in total. The van der Waals surface area contributed by atoms with Gasteiger partial charge in [-0.3, -0.25) is 15.0 Å². The Morgan fingerprint density at radius 1 is 1.26 bits per heavy atom. The molecule has 0 radical (unpaired) electrons. The van der Waals surface area contributed by atoms with Gasteiger partial charge in [0, 0.05) is 24.5 Å². The molecule has 0 aromatic heterocycles. The van der Waals surface area contributed by atoms with E-state index in [0.717, 1.165) is 6.07 Å².